The van der Waals surface area contributed by atoms with Gasteiger partial charge >= 0.3 is 5.97 Å². The molecule has 0 amide bonds. The number of hydrogen-bond acceptors (Lipinski definition) is 8. The van der Waals surface area contributed by atoms with Crippen LogP contribution in [0.5, 0.6) is 0 Å². The van der Waals surface area contributed by atoms with Crippen molar-refractivity contribution in [1.29, 1.82) is 5.26 Å². The molecule has 176 valence electrons. The normalized spacial score (nSPS) is 16.7. The highest BCUT2D eigenvalue weighted by Crippen LogP contribution is 2.40. The highest BCUT2D eigenvalue weighted by Gasteiger charge is 2.34. The van der Waals surface area contributed by atoms with Gasteiger partial charge in [0.2, 0.25) is 15.8 Å². The summed E-state index contributed by atoms with van der Waals surface area (Å²) in [6, 6.07) is 13.8. The number of nitrogens with zero attached hydrogens (tertiary/aromatic N) is 4. The summed E-state index contributed by atoms with van der Waals surface area (Å²) in [7, 11) is 0.0867. The van der Waals surface area contributed by atoms with Crippen molar-refractivity contribution in [3.8, 4) is 6.07 Å². The molecule has 1 unspecified atom stereocenters. The number of fused-ring (bicyclic) bond motifs is 2. The molecule has 0 aliphatic carbocycles. The van der Waals surface area contributed by atoms with E-state index < -0.39 is 28.4 Å². The second kappa shape index (κ2) is 8.50. The molecule has 0 radical (unpaired) electrons. The molecule has 2 aromatic rings. The van der Waals surface area contributed by atoms with Crippen molar-refractivity contribution in [3.63, 3.8) is 0 Å². The quantitative estimate of drug-likeness (QED) is 0.365. The van der Waals surface area contributed by atoms with Gasteiger partial charge in [-0.2, -0.15) is 5.26 Å². The number of carbonyl (C=O) groups excluding carboxylic acids is 2. The topological polar surface area (TPSA) is 111 Å². The monoisotopic (exact) mass is 480 g/mol. The molecular formula is C24H24N4O5S. The molecule has 2 aliphatic rings. The van der Waals surface area contributed by atoms with E-state index in [0.29, 0.717) is 23.5 Å². The number of ketones is 1. The van der Waals surface area contributed by atoms with Gasteiger partial charge in [-0.1, -0.05) is 12.1 Å². The predicted octanol–water partition coefficient (Wildman–Crippen LogP) is 2.44. The Morgan fingerprint density at radius 2 is 1.71 bits per heavy atom. The minimum absolute atomic E-state index is 0.111. The second-order valence-corrected chi connectivity index (χ2v) is 10.2. The Morgan fingerprint density at radius 3 is 2.26 bits per heavy atom. The van der Waals surface area contributed by atoms with Crippen LogP contribution < -0.4 is 14.1 Å². The summed E-state index contributed by atoms with van der Waals surface area (Å²) in [6.07, 6.45) is 1.61. The van der Waals surface area contributed by atoms with E-state index in [2.05, 4.69) is 0 Å². The number of hydrogen-bond donors (Lipinski definition) is 0. The van der Waals surface area contributed by atoms with E-state index in [0.717, 1.165) is 17.6 Å². The van der Waals surface area contributed by atoms with Gasteiger partial charge in [-0.05, 0) is 49.2 Å². The summed E-state index contributed by atoms with van der Waals surface area (Å²) >= 11 is 0. The standard InChI is InChI=1S/C24H24N4O5S/c1-15-11-17-12-16(9-10-19(17)28(15)34(4,31)32)24(30)33-14-22(29)18(13-25)23-26(2)20-7-5-6-8-21(20)27(23)3/h5-10,12,15H,11,14H2,1-4H3. The summed E-state index contributed by atoms with van der Waals surface area (Å²) in [6.45, 7) is 1.20. The molecule has 0 saturated heterocycles. The smallest absolute Gasteiger partial charge is 0.338 e. The van der Waals surface area contributed by atoms with Crippen molar-refractivity contribution < 1.29 is 22.7 Å². The minimum atomic E-state index is -3.44. The second-order valence-electron chi connectivity index (χ2n) is 8.37. The highest BCUT2D eigenvalue weighted by molar-refractivity contribution is 7.92. The number of sulfonamides is 1. The molecule has 10 heteroatoms. The van der Waals surface area contributed by atoms with Crippen LogP contribution in [0.1, 0.15) is 22.8 Å². The first-order valence-corrected chi connectivity index (χ1v) is 12.4. The predicted molar refractivity (Wildman–Crippen MR) is 128 cm³/mol. The molecule has 0 fully saturated rings. The van der Waals surface area contributed by atoms with E-state index in [-0.39, 0.29) is 17.2 Å². The molecule has 0 saturated carbocycles. The molecule has 34 heavy (non-hydrogen) atoms. The van der Waals surface area contributed by atoms with Gasteiger partial charge < -0.3 is 14.5 Å². The van der Waals surface area contributed by atoms with Crippen LogP contribution >= 0.6 is 0 Å². The van der Waals surface area contributed by atoms with Gasteiger partial charge in [0.05, 0.1) is 28.9 Å². The lowest BCUT2D eigenvalue weighted by Crippen LogP contribution is -2.34. The van der Waals surface area contributed by atoms with Gasteiger partial charge in [0, 0.05) is 20.1 Å². The zero-order valence-electron chi connectivity index (χ0n) is 19.3. The third-order valence-electron chi connectivity index (χ3n) is 6.01. The van der Waals surface area contributed by atoms with Crippen LogP contribution in [-0.4, -0.2) is 53.2 Å². The van der Waals surface area contributed by atoms with E-state index in [4.69, 9.17) is 4.74 Å². The molecule has 1 atom stereocenters. The summed E-state index contributed by atoms with van der Waals surface area (Å²) in [5.74, 6) is -0.923. The van der Waals surface area contributed by atoms with Crippen LogP contribution in [0.15, 0.2) is 53.9 Å². The van der Waals surface area contributed by atoms with E-state index in [9.17, 15) is 23.3 Å². The molecule has 4 rings (SSSR count). The Bertz CT molecular complexity index is 1340. The van der Waals surface area contributed by atoms with E-state index in [1.807, 2.05) is 30.3 Å². The molecule has 0 aromatic heterocycles. The Kier molecular flexibility index (Phi) is 5.83. The van der Waals surface area contributed by atoms with Crippen LogP contribution in [-0.2, 0) is 26.0 Å². The van der Waals surface area contributed by atoms with Gasteiger partial charge in [0.25, 0.3) is 0 Å². The number of anilines is 3. The van der Waals surface area contributed by atoms with Crippen molar-refractivity contribution in [3.05, 3.63) is 65.0 Å². The molecule has 2 aromatic carbocycles. The lowest BCUT2D eigenvalue weighted by molar-refractivity contribution is -0.118. The number of carbonyl (C=O) groups is 2. The fourth-order valence-electron chi connectivity index (χ4n) is 4.58. The molecule has 0 N–H and O–H groups in total. The van der Waals surface area contributed by atoms with Gasteiger partial charge in [-0.15, -0.1) is 0 Å². The minimum Gasteiger partial charge on any atom is -0.454 e. The van der Waals surface area contributed by atoms with Gasteiger partial charge in [-0.3, -0.25) is 9.10 Å². The Balaban J connectivity index is 1.51. The molecule has 2 heterocycles. The van der Waals surface area contributed by atoms with E-state index in [1.165, 1.54) is 10.4 Å². The maximum Gasteiger partial charge on any atom is 0.338 e. The van der Waals surface area contributed by atoms with Crippen LogP contribution in [0.4, 0.5) is 17.1 Å². The Morgan fingerprint density at radius 1 is 1.09 bits per heavy atom. The maximum atomic E-state index is 12.8. The number of para-hydroxylation sites is 2. The number of ether oxygens (including phenoxy) is 1. The van der Waals surface area contributed by atoms with Crippen molar-refractivity contribution in [2.75, 3.05) is 41.1 Å². The summed E-state index contributed by atoms with van der Waals surface area (Å²) in [4.78, 5) is 29.0. The van der Waals surface area contributed by atoms with Crippen LogP contribution in [0.2, 0.25) is 0 Å². The first kappa shape index (κ1) is 23.3. The lowest BCUT2D eigenvalue weighted by Gasteiger charge is -2.21. The lowest BCUT2D eigenvalue weighted by atomic mass is 10.1. The maximum absolute atomic E-state index is 12.8. The van der Waals surface area contributed by atoms with Crippen molar-refractivity contribution >= 4 is 38.8 Å². The number of esters is 1. The molecule has 9 nitrogen and oxygen atoms in total. The fourth-order valence-corrected chi connectivity index (χ4v) is 5.84. The average Bonchev–Trinajstić information content (AvgIpc) is 3.26. The SMILES string of the molecule is CC1Cc2cc(C(=O)OCC(=O)C(C#N)=C3N(C)c4ccccc4N3C)ccc2N1S(C)(=O)=O. The fraction of sp³-hybridized carbons (Fsp3) is 0.292. The zero-order valence-corrected chi connectivity index (χ0v) is 20.1. The average molecular weight is 481 g/mol. The highest BCUT2D eigenvalue weighted by atomic mass is 32.2. The number of Topliss-reactive ketones (excluding diaryl/α,β-unsaturated/α-hetero) is 1. The van der Waals surface area contributed by atoms with Gasteiger partial charge in [0.1, 0.15) is 17.5 Å². The van der Waals surface area contributed by atoms with Crippen LogP contribution in [0, 0.1) is 11.3 Å². The number of nitriles is 1. The van der Waals surface area contributed by atoms with Gasteiger partial charge in [0.15, 0.2) is 6.61 Å². The third kappa shape index (κ3) is 3.88. The van der Waals surface area contributed by atoms with Gasteiger partial charge in [-0.25, -0.2) is 13.2 Å². The van der Waals surface area contributed by atoms with Crippen molar-refractivity contribution in [2.45, 2.75) is 19.4 Å². The molecule has 0 bridgehead atoms. The van der Waals surface area contributed by atoms with Crippen LogP contribution in [0.3, 0.4) is 0 Å². The summed E-state index contributed by atoms with van der Waals surface area (Å²) in [5.41, 5.74) is 3.06. The zero-order chi connectivity index (χ0) is 24.8. The molecule has 0 spiro atoms. The molecular weight excluding hydrogens is 456 g/mol. The number of rotatable bonds is 5. The summed E-state index contributed by atoms with van der Waals surface area (Å²) in [5, 5.41) is 9.70. The van der Waals surface area contributed by atoms with Crippen molar-refractivity contribution in [2.24, 2.45) is 0 Å². The largest absolute Gasteiger partial charge is 0.454 e. The van der Waals surface area contributed by atoms with E-state index in [1.54, 1.807) is 43.0 Å². The number of benzene rings is 2. The first-order chi connectivity index (χ1) is 16.0. The first-order valence-electron chi connectivity index (χ1n) is 10.6. The van der Waals surface area contributed by atoms with Crippen molar-refractivity contribution in [1.82, 2.24) is 0 Å². The Labute approximate surface area is 198 Å². The van der Waals surface area contributed by atoms with E-state index >= 15 is 0 Å². The Hall–Kier alpha value is -3.84. The third-order valence-corrected chi connectivity index (χ3v) is 7.29. The summed E-state index contributed by atoms with van der Waals surface area (Å²) < 4.78 is 30.7. The van der Waals surface area contributed by atoms with Crippen LogP contribution in [0.25, 0.3) is 0 Å². The molecule has 2 aliphatic heterocycles.